The maximum atomic E-state index is 14.0. The van der Waals surface area contributed by atoms with Crippen molar-refractivity contribution < 1.29 is 18.0 Å². The lowest BCUT2D eigenvalue weighted by Gasteiger charge is -2.33. The highest BCUT2D eigenvalue weighted by atomic mass is 35.5. The second-order valence-electron chi connectivity index (χ2n) is 9.56. The minimum atomic E-state index is -3.85. The van der Waals surface area contributed by atoms with E-state index in [4.69, 9.17) is 23.2 Å². The van der Waals surface area contributed by atoms with Gasteiger partial charge in [0, 0.05) is 35.6 Å². The van der Waals surface area contributed by atoms with Gasteiger partial charge < -0.3 is 10.2 Å². The van der Waals surface area contributed by atoms with Crippen LogP contribution in [0.5, 0.6) is 0 Å². The summed E-state index contributed by atoms with van der Waals surface area (Å²) in [6.45, 7) is 3.48. The SMILES string of the molecule is CNC(=O)[C@@H](Cc1ccccc1)N(Cc1c(Cl)cccc1Cl)C(=O)CN(c1ccc(C(C)C)cc1)S(C)(=O)=O. The van der Waals surface area contributed by atoms with Gasteiger partial charge in [0.2, 0.25) is 21.8 Å². The molecule has 3 aromatic carbocycles. The number of nitrogens with one attached hydrogen (secondary N) is 1. The third-order valence-electron chi connectivity index (χ3n) is 6.43. The quantitative estimate of drug-likeness (QED) is 0.330. The summed E-state index contributed by atoms with van der Waals surface area (Å²) in [5.74, 6) is -0.717. The highest BCUT2D eigenvalue weighted by Gasteiger charge is 2.33. The summed E-state index contributed by atoms with van der Waals surface area (Å²) in [4.78, 5) is 28.5. The van der Waals surface area contributed by atoms with Gasteiger partial charge in [0.25, 0.3) is 0 Å². The average molecular weight is 591 g/mol. The summed E-state index contributed by atoms with van der Waals surface area (Å²) in [7, 11) is -2.36. The molecule has 0 aliphatic rings. The van der Waals surface area contributed by atoms with Gasteiger partial charge in [0.15, 0.2) is 0 Å². The Morgan fingerprint density at radius 1 is 0.897 bits per heavy atom. The van der Waals surface area contributed by atoms with E-state index in [1.807, 2.05) is 56.3 Å². The number of amides is 2. The van der Waals surface area contributed by atoms with E-state index in [-0.39, 0.29) is 18.9 Å². The van der Waals surface area contributed by atoms with Gasteiger partial charge in [-0.25, -0.2) is 8.42 Å². The van der Waals surface area contributed by atoms with E-state index in [1.165, 1.54) is 11.9 Å². The number of hydrogen-bond acceptors (Lipinski definition) is 4. The van der Waals surface area contributed by atoms with E-state index in [9.17, 15) is 18.0 Å². The van der Waals surface area contributed by atoms with E-state index in [1.54, 1.807) is 30.3 Å². The predicted octanol–water partition coefficient (Wildman–Crippen LogP) is 5.27. The topological polar surface area (TPSA) is 86.8 Å². The minimum absolute atomic E-state index is 0.0911. The highest BCUT2D eigenvalue weighted by molar-refractivity contribution is 7.92. The summed E-state index contributed by atoms with van der Waals surface area (Å²) in [6, 6.07) is 20.3. The molecule has 10 heteroatoms. The van der Waals surface area contributed by atoms with Crippen LogP contribution in [-0.2, 0) is 32.6 Å². The van der Waals surface area contributed by atoms with E-state index in [2.05, 4.69) is 5.32 Å². The number of sulfonamides is 1. The summed E-state index contributed by atoms with van der Waals surface area (Å²) < 4.78 is 26.8. The molecule has 0 aliphatic heterocycles. The monoisotopic (exact) mass is 589 g/mol. The van der Waals surface area contributed by atoms with E-state index < -0.39 is 34.4 Å². The van der Waals surface area contributed by atoms with Gasteiger partial charge in [0.1, 0.15) is 12.6 Å². The smallest absolute Gasteiger partial charge is 0.244 e. The van der Waals surface area contributed by atoms with Gasteiger partial charge in [-0.1, -0.05) is 85.6 Å². The van der Waals surface area contributed by atoms with Gasteiger partial charge in [0.05, 0.1) is 11.9 Å². The lowest BCUT2D eigenvalue weighted by molar-refractivity contribution is -0.139. The maximum Gasteiger partial charge on any atom is 0.244 e. The van der Waals surface area contributed by atoms with Gasteiger partial charge in [-0.05, 0) is 41.3 Å². The summed E-state index contributed by atoms with van der Waals surface area (Å²) in [6.07, 6.45) is 1.25. The predicted molar refractivity (Wildman–Crippen MR) is 158 cm³/mol. The van der Waals surface area contributed by atoms with Crippen molar-refractivity contribution in [2.45, 2.75) is 38.8 Å². The standard InChI is InChI=1S/C29H33Cl2N3O4S/c1-20(2)22-13-15-23(16-14-22)34(39(4,37)38)19-28(35)33(18-24-25(30)11-8-12-26(24)31)27(29(36)32-3)17-21-9-6-5-7-10-21/h5-16,20,27H,17-19H2,1-4H3,(H,32,36)/t27-/m1/s1. The molecule has 3 rings (SSSR count). The third kappa shape index (κ3) is 7.97. The van der Waals surface area contributed by atoms with Crippen LogP contribution >= 0.6 is 23.2 Å². The molecular formula is C29H33Cl2N3O4S. The van der Waals surface area contributed by atoms with Crippen molar-refractivity contribution in [2.24, 2.45) is 0 Å². The van der Waals surface area contributed by atoms with E-state index >= 15 is 0 Å². The Hall–Kier alpha value is -3.07. The highest BCUT2D eigenvalue weighted by Crippen LogP contribution is 2.28. The van der Waals surface area contributed by atoms with Crippen LogP contribution in [0.1, 0.15) is 36.5 Å². The molecule has 0 radical (unpaired) electrons. The molecule has 0 unspecified atom stereocenters. The summed E-state index contributed by atoms with van der Waals surface area (Å²) >= 11 is 12.9. The number of hydrogen-bond donors (Lipinski definition) is 1. The zero-order chi connectivity index (χ0) is 28.7. The number of likely N-dealkylation sites (N-methyl/N-ethyl adjacent to an activating group) is 1. The number of halogens is 2. The first kappa shape index (κ1) is 30.5. The first-order valence-corrected chi connectivity index (χ1v) is 15.1. The van der Waals surface area contributed by atoms with Crippen molar-refractivity contribution in [1.29, 1.82) is 0 Å². The van der Waals surface area contributed by atoms with Crippen molar-refractivity contribution >= 4 is 50.7 Å². The Balaban J connectivity index is 2.06. The first-order chi connectivity index (χ1) is 18.4. The molecule has 39 heavy (non-hydrogen) atoms. The van der Waals surface area contributed by atoms with Crippen LogP contribution in [0, 0.1) is 0 Å². The van der Waals surface area contributed by atoms with E-state index in [0.717, 1.165) is 21.7 Å². The Morgan fingerprint density at radius 3 is 2.00 bits per heavy atom. The molecule has 208 valence electrons. The second kappa shape index (κ2) is 13.3. The number of nitrogens with zero attached hydrogens (tertiary/aromatic N) is 2. The molecule has 3 aromatic rings. The average Bonchev–Trinajstić information content (AvgIpc) is 2.90. The van der Waals surface area contributed by atoms with Crippen molar-refractivity contribution in [3.05, 3.63) is 99.5 Å². The zero-order valence-electron chi connectivity index (χ0n) is 22.4. The normalized spacial score (nSPS) is 12.2. The van der Waals surface area contributed by atoms with Gasteiger partial charge in [-0.15, -0.1) is 0 Å². The van der Waals surface area contributed by atoms with Crippen LogP contribution in [0.25, 0.3) is 0 Å². The van der Waals surface area contributed by atoms with Crippen LogP contribution < -0.4 is 9.62 Å². The molecule has 1 N–H and O–H groups in total. The lowest BCUT2D eigenvalue weighted by atomic mass is 10.0. The largest absolute Gasteiger partial charge is 0.357 e. The Kier molecular flexibility index (Phi) is 10.4. The summed E-state index contributed by atoms with van der Waals surface area (Å²) in [5.41, 5.74) is 2.68. The molecule has 0 heterocycles. The number of rotatable bonds is 11. The first-order valence-electron chi connectivity index (χ1n) is 12.5. The van der Waals surface area contributed by atoms with Crippen LogP contribution in [-0.4, -0.2) is 51.0 Å². The van der Waals surface area contributed by atoms with Crippen LogP contribution in [0.4, 0.5) is 5.69 Å². The van der Waals surface area contributed by atoms with E-state index in [0.29, 0.717) is 21.3 Å². The van der Waals surface area contributed by atoms with Crippen molar-refractivity contribution in [3.8, 4) is 0 Å². The second-order valence-corrected chi connectivity index (χ2v) is 12.3. The van der Waals surface area contributed by atoms with Crippen LogP contribution in [0.2, 0.25) is 10.0 Å². The molecule has 1 atom stereocenters. The van der Waals surface area contributed by atoms with Crippen molar-refractivity contribution in [2.75, 3.05) is 24.2 Å². The number of carbonyl (C=O) groups excluding carboxylic acids is 2. The van der Waals surface area contributed by atoms with Crippen molar-refractivity contribution in [3.63, 3.8) is 0 Å². The van der Waals surface area contributed by atoms with Crippen LogP contribution in [0.3, 0.4) is 0 Å². The molecule has 0 bridgehead atoms. The molecule has 0 saturated carbocycles. The summed E-state index contributed by atoms with van der Waals surface area (Å²) in [5, 5.41) is 3.30. The fraction of sp³-hybridized carbons (Fsp3) is 0.310. The molecule has 0 aliphatic carbocycles. The fourth-order valence-electron chi connectivity index (χ4n) is 4.21. The molecule has 0 aromatic heterocycles. The molecule has 0 fully saturated rings. The third-order valence-corrected chi connectivity index (χ3v) is 8.28. The van der Waals surface area contributed by atoms with Gasteiger partial charge in [-0.2, -0.15) is 0 Å². The Labute approximate surface area is 240 Å². The van der Waals surface area contributed by atoms with Gasteiger partial charge in [-0.3, -0.25) is 13.9 Å². The lowest BCUT2D eigenvalue weighted by Crippen LogP contribution is -2.53. The van der Waals surface area contributed by atoms with Gasteiger partial charge >= 0.3 is 0 Å². The van der Waals surface area contributed by atoms with Crippen molar-refractivity contribution in [1.82, 2.24) is 10.2 Å². The Morgan fingerprint density at radius 2 is 1.49 bits per heavy atom. The zero-order valence-corrected chi connectivity index (χ0v) is 24.7. The number of carbonyl (C=O) groups is 2. The molecule has 7 nitrogen and oxygen atoms in total. The fourth-order valence-corrected chi connectivity index (χ4v) is 5.58. The molecule has 0 spiro atoms. The Bertz CT molecular complexity index is 1380. The molecular weight excluding hydrogens is 557 g/mol. The number of benzene rings is 3. The number of anilines is 1. The molecule has 0 saturated heterocycles. The molecule has 2 amide bonds. The minimum Gasteiger partial charge on any atom is -0.357 e. The van der Waals surface area contributed by atoms with Crippen LogP contribution in [0.15, 0.2) is 72.8 Å². The maximum absolute atomic E-state index is 14.0.